The van der Waals surface area contributed by atoms with E-state index in [1.807, 2.05) is 19.1 Å². The highest BCUT2D eigenvalue weighted by molar-refractivity contribution is 6.39. The second-order valence-electron chi connectivity index (χ2n) is 15.0. The first-order chi connectivity index (χ1) is 22.8. The van der Waals surface area contributed by atoms with E-state index in [4.69, 9.17) is 9.47 Å². The number of carbonyl (C=O) groups excluding carboxylic acids is 4. The summed E-state index contributed by atoms with van der Waals surface area (Å²) in [6, 6.07) is -1.02. The van der Waals surface area contributed by atoms with Crippen molar-refractivity contribution in [2.24, 2.45) is 23.7 Å². The number of allylic oxidation sites excluding steroid dienone is 3. The number of hydrogen-bond acceptors (Lipinski definition) is 10. The molecule has 1 saturated carbocycles. The topological polar surface area (TPSA) is 171 Å². The van der Waals surface area contributed by atoms with Crippen molar-refractivity contribution in [2.45, 2.75) is 146 Å². The minimum atomic E-state index is -2.43. The Labute approximate surface area is 284 Å². The maximum atomic E-state index is 14.0. The maximum absolute atomic E-state index is 14.0. The number of ketones is 2. The van der Waals surface area contributed by atoms with Gasteiger partial charge in [0.05, 0.1) is 18.3 Å². The predicted octanol–water partition coefficient (Wildman–Crippen LogP) is 3.54. The summed E-state index contributed by atoms with van der Waals surface area (Å²) in [7, 11) is 0. The normalized spacial score (nSPS) is 40.0. The van der Waals surface area contributed by atoms with Gasteiger partial charge in [-0.1, -0.05) is 32.1 Å². The summed E-state index contributed by atoms with van der Waals surface area (Å²) in [5.74, 6) is -6.84. The molecule has 11 heteroatoms. The molecule has 48 heavy (non-hydrogen) atoms. The average Bonchev–Trinajstić information content (AvgIpc) is 3.06. The summed E-state index contributed by atoms with van der Waals surface area (Å²) >= 11 is 0. The molecule has 0 aromatic rings. The van der Waals surface area contributed by atoms with Gasteiger partial charge in [-0.25, -0.2) is 4.79 Å². The summed E-state index contributed by atoms with van der Waals surface area (Å²) in [4.78, 5) is 55.8. The van der Waals surface area contributed by atoms with Gasteiger partial charge in [0.2, 0.25) is 5.79 Å². The molecule has 4 N–H and O–H groups in total. The minimum absolute atomic E-state index is 0.00780. The van der Waals surface area contributed by atoms with Gasteiger partial charge >= 0.3 is 5.97 Å². The van der Waals surface area contributed by atoms with Crippen molar-refractivity contribution in [2.75, 3.05) is 13.2 Å². The van der Waals surface area contributed by atoms with Crippen molar-refractivity contribution >= 4 is 23.4 Å². The van der Waals surface area contributed by atoms with E-state index < -0.39 is 65.2 Å². The van der Waals surface area contributed by atoms with Gasteiger partial charge in [0, 0.05) is 25.0 Å². The summed E-state index contributed by atoms with van der Waals surface area (Å²) < 4.78 is 12.2. The van der Waals surface area contributed by atoms with Crippen LogP contribution in [0.25, 0.3) is 0 Å². The van der Waals surface area contributed by atoms with Crippen molar-refractivity contribution in [3.05, 3.63) is 24.3 Å². The van der Waals surface area contributed by atoms with Crippen LogP contribution in [0.3, 0.4) is 0 Å². The number of Topliss-reactive ketones (excluding diaryl/α,β-unsaturated/α-hetero) is 1. The van der Waals surface area contributed by atoms with Crippen LogP contribution in [0.2, 0.25) is 0 Å². The van der Waals surface area contributed by atoms with Crippen molar-refractivity contribution in [3.63, 3.8) is 0 Å². The fraction of sp³-hybridized carbons (Fsp3) is 0.784. The molecule has 0 aromatic carbocycles. The van der Waals surface area contributed by atoms with Gasteiger partial charge in [-0.15, -0.1) is 0 Å². The molecule has 2 bridgehead atoms. The van der Waals surface area contributed by atoms with Crippen molar-refractivity contribution in [1.29, 1.82) is 0 Å². The van der Waals surface area contributed by atoms with E-state index >= 15 is 0 Å². The molecule has 1 amide bonds. The van der Waals surface area contributed by atoms with Crippen LogP contribution >= 0.6 is 0 Å². The largest absolute Gasteiger partial charge is 0.458 e. The van der Waals surface area contributed by atoms with Crippen LogP contribution in [-0.4, -0.2) is 97.7 Å². The predicted molar refractivity (Wildman–Crippen MR) is 177 cm³/mol. The number of rotatable bonds is 3. The summed E-state index contributed by atoms with van der Waals surface area (Å²) in [5, 5.41) is 42.1. The first-order valence-corrected chi connectivity index (χ1v) is 18.1. The van der Waals surface area contributed by atoms with Gasteiger partial charge in [-0.2, -0.15) is 0 Å². The molecule has 2 saturated heterocycles. The van der Waals surface area contributed by atoms with Gasteiger partial charge in [-0.3, -0.25) is 14.4 Å². The number of aliphatic hydroxyl groups is 4. The second kappa shape index (κ2) is 17.0. The lowest BCUT2D eigenvalue weighted by atomic mass is 9.77. The number of amides is 1. The third-order valence-electron chi connectivity index (χ3n) is 11.1. The lowest BCUT2D eigenvalue weighted by Gasteiger charge is -2.43. The molecule has 0 aromatic heterocycles. The quantitative estimate of drug-likeness (QED) is 0.197. The van der Waals surface area contributed by atoms with Gasteiger partial charge < -0.3 is 34.8 Å². The van der Waals surface area contributed by atoms with Crippen LogP contribution in [0, 0.1) is 23.7 Å². The Bertz CT molecular complexity index is 1200. The molecule has 0 radical (unpaired) electrons. The third-order valence-corrected chi connectivity index (χ3v) is 11.1. The number of cyclic esters (lactones) is 1. The fourth-order valence-electron chi connectivity index (χ4n) is 7.87. The van der Waals surface area contributed by atoms with Crippen molar-refractivity contribution < 1.29 is 49.1 Å². The SMILES string of the molecule is CC1C(=O)C=CCCC=CC(CO)CCCC(C)(CC2CCC(O)C(O)C2)OC(=O)C2CCCCN2C(=O)C(=O)C2(O)OC1CCC2C. The van der Waals surface area contributed by atoms with Crippen LogP contribution in [0.5, 0.6) is 0 Å². The Hall–Kier alpha value is -2.44. The molecule has 1 aliphatic carbocycles. The zero-order valence-corrected chi connectivity index (χ0v) is 28.9. The number of fused-ring (bicyclic) bond motifs is 3. The van der Waals surface area contributed by atoms with E-state index in [0.717, 1.165) is 0 Å². The number of nitrogens with zero attached hydrogens (tertiary/aromatic N) is 1. The van der Waals surface area contributed by atoms with E-state index in [2.05, 4.69) is 0 Å². The highest BCUT2D eigenvalue weighted by Crippen LogP contribution is 2.39. The number of esters is 1. The van der Waals surface area contributed by atoms with Crippen LogP contribution < -0.4 is 0 Å². The molecule has 4 aliphatic rings. The van der Waals surface area contributed by atoms with Crippen LogP contribution in [-0.2, 0) is 28.7 Å². The average molecular weight is 676 g/mol. The van der Waals surface area contributed by atoms with E-state index in [1.165, 1.54) is 11.0 Å². The molecule has 270 valence electrons. The van der Waals surface area contributed by atoms with Crippen LogP contribution in [0.15, 0.2) is 24.3 Å². The Morgan fingerprint density at radius 3 is 2.40 bits per heavy atom. The summed E-state index contributed by atoms with van der Waals surface area (Å²) in [5.41, 5.74) is -0.958. The summed E-state index contributed by atoms with van der Waals surface area (Å²) in [6.45, 7) is 5.30. The zero-order chi connectivity index (χ0) is 35.1. The number of aliphatic hydroxyl groups excluding tert-OH is 3. The number of hydrogen-bond donors (Lipinski definition) is 4. The zero-order valence-electron chi connectivity index (χ0n) is 28.9. The summed E-state index contributed by atoms with van der Waals surface area (Å²) in [6.07, 6.45) is 12.2. The molecule has 3 fully saturated rings. The molecular weight excluding hydrogens is 618 g/mol. The van der Waals surface area contributed by atoms with Gasteiger partial charge in [0.25, 0.3) is 11.7 Å². The van der Waals surface area contributed by atoms with Gasteiger partial charge in [-0.05, 0) is 115 Å². The molecule has 4 rings (SSSR count). The van der Waals surface area contributed by atoms with E-state index in [9.17, 15) is 39.6 Å². The Morgan fingerprint density at radius 1 is 0.917 bits per heavy atom. The molecule has 10 unspecified atom stereocenters. The van der Waals surface area contributed by atoms with E-state index in [-0.39, 0.29) is 30.8 Å². The Balaban J connectivity index is 1.63. The molecular formula is C37H57NO10. The first kappa shape index (κ1) is 38.4. The van der Waals surface area contributed by atoms with E-state index in [0.29, 0.717) is 89.9 Å². The standard InChI is InChI=1S/C37H57NO10/c1-24-15-18-32-25(2)29(40)14-7-5-4-6-11-26(23-39)12-10-19-36(3,22-27-16-17-30(41)31(42)21-27)48-35(45)28-13-8-9-20-38(28)34(44)33(43)37(24,46)47-32/h6-7,11,14,24-28,30-32,39,41-42,46H,4-5,8-10,12-13,15-23H2,1-3H3. The Morgan fingerprint density at radius 2 is 1.67 bits per heavy atom. The van der Waals surface area contributed by atoms with Gasteiger partial charge in [0.15, 0.2) is 5.78 Å². The van der Waals surface area contributed by atoms with Crippen LogP contribution in [0.1, 0.15) is 111 Å². The number of piperidine rings is 1. The maximum Gasteiger partial charge on any atom is 0.329 e. The van der Waals surface area contributed by atoms with Gasteiger partial charge in [0.1, 0.15) is 11.6 Å². The third kappa shape index (κ3) is 9.41. The number of ether oxygens (including phenoxy) is 2. The highest BCUT2D eigenvalue weighted by Gasteiger charge is 2.54. The molecule has 3 aliphatic heterocycles. The molecule has 10 atom stereocenters. The smallest absolute Gasteiger partial charge is 0.329 e. The van der Waals surface area contributed by atoms with Crippen molar-refractivity contribution in [1.82, 2.24) is 4.90 Å². The lowest BCUT2D eigenvalue weighted by molar-refractivity contribution is -0.268. The molecule has 11 nitrogen and oxygen atoms in total. The monoisotopic (exact) mass is 675 g/mol. The molecule has 3 heterocycles. The first-order valence-electron chi connectivity index (χ1n) is 18.1. The highest BCUT2D eigenvalue weighted by atomic mass is 16.6. The van der Waals surface area contributed by atoms with Crippen LogP contribution in [0.4, 0.5) is 0 Å². The molecule has 0 spiro atoms. The van der Waals surface area contributed by atoms with E-state index in [1.54, 1.807) is 19.9 Å². The number of carbonyl (C=O) groups is 4. The lowest BCUT2D eigenvalue weighted by Crippen LogP contribution is -2.61. The van der Waals surface area contributed by atoms with Crippen molar-refractivity contribution in [3.8, 4) is 0 Å². The fourth-order valence-corrected chi connectivity index (χ4v) is 7.87. The minimum Gasteiger partial charge on any atom is -0.458 e. The second-order valence-corrected chi connectivity index (χ2v) is 15.0. The Kier molecular flexibility index (Phi) is 13.6.